The SMILES string of the molecule is CCOc1cc([C@@H]2NC(=O)c3c(sc4c3CCN(C(C)C)C4)N2)ccc1OC. The third-order valence-corrected chi connectivity index (χ3v) is 6.56. The number of carbonyl (C=O) groups excluding carboxylic acids is 1. The summed E-state index contributed by atoms with van der Waals surface area (Å²) in [7, 11) is 1.63. The van der Waals surface area contributed by atoms with E-state index in [0.717, 1.165) is 35.6 Å². The fraction of sp³-hybridized carbons (Fsp3) is 0.476. The average Bonchev–Trinajstić information content (AvgIpc) is 3.06. The Kier molecular flexibility index (Phi) is 5.21. The molecule has 0 radical (unpaired) electrons. The Bertz CT molecular complexity index is 893. The highest BCUT2D eigenvalue weighted by Crippen LogP contribution is 2.41. The summed E-state index contributed by atoms with van der Waals surface area (Å²) in [6.07, 6.45) is 0.641. The van der Waals surface area contributed by atoms with Crippen LogP contribution in [0.2, 0.25) is 0 Å². The molecule has 0 fully saturated rings. The van der Waals surface area contributed by atoms with E-state index in [1.165, 1.54) is 10.4 Å². The highest BCUT2D eigenvalue weighted by atomic mass is 32.1. The topological polar surface area (TPSA) is 62.8 Å². The van der Waals surface area contributed by atoms with Gasteiger partial charge in [-0.2, -0.15) is 0 Å². The van der Waals surface area contributed by atoms with Gasteiger partial charge in [0.05, 0.1) is 19.3 Å². The second-order valence-corrected chi connectivity index (χ2v) is 8.52. The number of fused-ring (bicyclic) bond motifs is 3. The maximum atomic E-state index is 12.9. The summed E-state index contributed by atoms with van der Waals surface area (Å²) in [5, 5.41) is 7.61. The van der Waals surface area contributed by atoms with Crippen molar-refractivity contribution in [3.63, 3.8) is 0 Å². The number of hydrogen-bond acceptors (Lipinski definition) is 6. The summed E-state index contributed by atoms with van der Waals surface area (Å²) >= 11 is 1.71. The third kappa shape index (κ3) is 3.33. The van der Waals surface area contributed by atoms with Gasteiger partial charge in [-0.15, -0.1) is 11.3 Å². The van der Waals surface area contributed by atoms with Crippen LogP contribution in [0.25, 0.3) is 0 Å². The van der Waals surface area contributed by atoms with E-state index in [-0.39, 0.29) is 12.1 Å². The fourth-order valence-corrected chi connectivity index (χ4v) is 5.18. The molecule has 1 amide bonds. The number of hydrogen-bond donors (Lipinski definition) is 2. The van der Waals surface area contributed by atoms with Crippen molar-refractivity contribution in [1.82, 2.24) is 10.2 Å². The van der Waals surface area contributed by atoms with Gasteiger partial charge < -0.3 is 20.1 Å². The van der Waals surface area contributed by atoms with Gasteiger partial charge >= 0.3 is 0 Å². The van der Waals surface area contributed by atoms with E-state index < -0.39 is 0 Å². The highest BCUT2D eigenvalue weighted by Gasteiger charge is 2.33. The molecule has 1 atom stereocenters. The van der Waals surface area contributed by atoms with Crippen molar-refractivity contribution >= 4 is 22.2 Å². The van der Waals surface area contributed by atoms with Gasteiger partial charge in [0.25, 0.3) is 5.91 Å². The predicted octanol–water partition coefficient (Wildman–Crippen LogP) is 3.78. The Morgan fingerprint density at radius 1 is 1.29 bits per heavy atom. The molecule has 2 N–H and O–H groups in total. The van der Waals surface area contributed by atoms with E-state index in [9.17, 15) is 4.79 Å². The molecule has 1 aromatic heterocycles. The molecule has 0 bridgehead atoms. The van der Waals surface area contributed by atoms with Crippen LogP contribution in [0.15, 0.2) is 18.2 Å². The second kappa shape index (κ2) is 7.64. The quantitative estimate of drug-likeness (QED) is 0.798. The molecule has 150 valence electrons. The molecule has 4 rings (SSSR count). The van der Waals surface area contributed by atoms with Crippen LogP contribution in [-0.4, -0.2) is 37.1 Å². The summed E-state index contributed by atoms with van der Waals surface area (Å²) in [4.78, 5) is 16.7. The number of methoxy groups -OCH3 is 1. The zero-order valence-electron chi connectivity index (χ0n) is 16.8. The van der Waals surface area contributed by atoms with Gasteiger partial charge in [0.2, 0.25) is 0 Å². The number of anilines is 1. The Labute approximate surface area is 169 Å². The fourth-order valence-electron chi connectivity index (χ4n) is 3.88. The van der Waals surface area contributed by atoms with Crippen molar-refractivity contribution in [2.75, 3.05) is 25.6 Å². The van der Waals surface area contributed by atoms with E-state index in [2.05, 4.69) is 29.4 Å². The van der Waals surface area contributed by atoms with Gasteiger partial charge in [-0.3, -0.25) is 9.69 Å². The minimum absolute atomic E-state index is 0.00280. The molecule has 6 nitrogen and oxygen atoms in total. The molecule has 3 heterocycles. The molecule has 1 aromatic carbocycles. The zero-order valence-corrected chi connectivity index (χ0v) is 17.6. The Morgan fingerprint density at radius 3 is 2.82 bits per heavy atom. The summed E-state index contributed by atoms with van der Waals surface area (Å²) in [5.41, 5.74) is 2.99. The molecule has 0 saturated heterocycles. The normalized spacial score (nSPS) is 18.9. The standard InChI is InChI=1S/C21H27N3O3S/c1-5-27-16-10-13(6-7-15(16)26-4)19-22-20(25)18-14-8-9-24(12(2)3)11-17(14)28-21(18)23-19/h6-7,10,12,19,23H,5,8-9,11H2,1-4H3,(H,22,25)/t19-/m1/s1. The van der Waals surface area contributed by atoms with E-state index in [1.807, 2.05) is 25.1 Å². The summed E-state index contributed by atoms with van der Waals surface area (Å²) in [6, 6.07) is 6.28. The molecule has 7 heteroatoms. The van der Waals surface area contributed by atoms with Crippen LogP contribution in [0.3, 0.4) is 0 Å². The number of rotatable bonds is 5. The van der Waals surface area contributed by atoms with Crippen molar-refractivity contribution in [3.05, 3.63) is 39.8 Å². The molecular weight excluding hydrogens is 374 g/mol. The van der Waals surface area contributed by atoms with Crippen LogP contribution in [0, 0.1) is 0 Å². The van der Waals surface area contributed by atoms with Crippen LogP contribution in [0.5, 0.6) is 11.5 Å². The maximum absolute atomic E-state index is 12.9. The molecule has 2 aliphatic rings. The van der Waals surface area contributed by atoms with Crippen molar-refractivity contribution in [3.8, 4) is 11.5 Å². The Hall–Kier alpha value is -2.25. The van der Waals surface area contributed by atoms with Gasteiger partial charge in [0.15, 0.2) is 11.5 Å². The summed E-state index contributed by atoms with van der Waals surface area (Å²) in [6.45, 7) is 8.86. The Morgan fingerprint density at radius 2 is 2.11 bits per heavy atom. The molecule has 2 aliphatic heterocycles. The lowest BCUT2D eigenvalue weighted by Crippen LogP contribution is -2.39. The summed E-state index contributed by atoms with van der Waals surface area (Å²) < 4.78 is 11.1. The number of amides is 1. The minimum atomic E-state index is -0.286. The second-order valence-electron chi connectivity index (χ2n) is 7.42. The van der Waals surface area contributed by atoms with Crippen molar-refractivity contribution < 1.29 is 14.3 Å². The largest absolute Gasteiger partial charge is 0.493 e. The zero-order chi connectivity index (χ0) is 19.8. The van der Waals surface area contributed by atoms with Gasteiger partial charge in [0.1, 0.15) is 11.2 Å². The van der Waals surface area contributed by atoms with Gasteiger partial charge in [0, 0.05) is 24.0 Å². The lowest BCUT2D eigenvalue weighted by atomic mass is 9.99. The predicted molar refractivity (Wildman–Crippen MR) is 112 cm³/mol. The van der Waals surface area contributed by atoms with E-state index in [1.54, 1.807) is 18.4 Å². The van der Waals surface area contributed by atoms with E-state index in [4.69, 9.17) is 9.47 Å². The number of nitrogens with zero attached hydrogens (tertiary/aromatic N) is 1. The molecule has 0 saturated carbocycles. The van der Waals surface area contributed by atoms with E-state index >= 15 is 0 Å². The third-order valence-electron chi connectivity index (χ3n) is 5.42. The molecule has 0 spiro atoms. The highest BCUT2D eigenvalue weighted by molar-refractivity contribution is 7.16. The monoisotopic (exact) mass is 401 g/mol. The van der Waals surface area contributed by atoms with Crippen LogP contribution in [0.4, 0.5) is 5.00 Å². The molecule has 0 unspecified atom stereocenters. The average molecular weight is 402 g/mol. The van der Waals surface area contributed by atoms with Crippen molar-refractivity contribution in [1.29, 1.82) is 0 Å². The number of nitrogens with one attached hydrogen (secondary N) is 2. The van der Waals surface area contributed by atoms with Crippen molar-refractivity contribution in [2.24, 2.45) is 0 Å². The minimum Gasteiger partial charge on any atom is -0.493 e. The van der Waals surface area contributed by atoms with Crippen LogP contribution < -0.4 is 20.1 Å². The van der Waals surface area contributed by atoms with Gasteiger partial charge in [-0.25, -0.2) is 0 Å². The number of thiophene rings is 1. The lowest BCUT2D eigenvalue weighted by Gasteiger charge is -2.31. The number of ether oxygens (including phenoxy) is 2. The number of benzene rings is 1. The first-order valence-electron chi connectivity index (χ1n) is 9.78. The lowest BCUT2D eigenvalue weighted by molar-refractivity contribution is 0.0934. The smallest absolute Gasteiger partial charge is 0.256 e. The molecule has 28 heavy (non-hydrogen) atoms. The van der Waals surface area contributed by atoms with Crippen LogP contribution in [-0.2, 0) is 13.0 Å². The summed E-state index contributed by atoms with van der Waals surface area (Å²) in [5.74, 6) is 1.37. The van der Waals surface area contributed by atoms with Crippen LogP contribution >= 0.6 is 11.3 Å². The molecule has 2 aromatic rings. The molecule has 0 aliphatic carbocycles. The van der Waals surface area contributed by atoms with E-state index in [0.29, 0.717) is 24.1 Å². The van der Waals surface area contributed by atoms with Gasteiger partial charge in [-0.1, -0.05) is 6.07 Å². The van der Waals surface area contributed by atoms with Crippen LogP contribution in [0.1, 0.15) is 53.3 Å². The first-order chi connectivity index (χ1) is 13.5. The first kappa shape index (κ1) is 19.1. The van der Waals surface area contributed by atoms with Crippen molar-refractivity contribution in [2.45, 2.75) is 45.9 Å². The first-order valence-corrected chi connectivity index (χ1v) is 10.6. The molecular formula is C21H27N3O3S. The Balaban J connectivity index is 1.63. The van der Waals surface area contributed by atoms with Gasteiger partial charge in [-0.05, 0) is 50.5 Å². The maximum Gasteiger partial charge on any atom is 0.256 e. The number of carbonyl (C=O) groups is 1.